The van der Waals surface area contributed by atoms with Crippen molar-refractivity contribution in [1.29, 1.82) is 0 Å². The van der Waals surface area contributed by atoms with E-state index in [1.807, 2.05) is 19.1 Å². The molecule has 1 unspecified atom stereocenters. The van der Waals surface area contributed by atoms with Gasteiger partial charge in [-0.3, -0.25) is 0 Å². The third-order valence-electron chi connectivity index (χ3n) is 6.25. The minimum atomic E-state index is -1.96. The van der Waals surface area contributed by atoms with E-state index in [1.165, 1.54) is 21.3 Å². The maximum absolute atomic E-state index is 13.3. The monoisotopic (exact) mass is 504 g/mol. The lowest BCUT2D eigenvalue weighted by molar-refractivity contribution is -0.185. The van der Waals surface area contributed by atoms with E-state index >= 15 is 0 Å². The third-order valence-corrected chi connectivity index (χ3v) is 6.80. The first-order valence-corrected chi connectivity index (χ1v) is 11.9. The molecule has 184 valence electrons. The number of carbonyl (C=O) groups is 1. The first-order chi connectivity index (χ1) is 17.4. The number of hydrogen-bond donors (Lipinski definition) is 1. The summed E-state index contributed by atoms with van der Waals surface area (Å²) < 4.78 is 30.7. The van der Waals surface area contributed by atoms with Crippen molar-refractivity contribution in [2.75, 3.05) is 21.3 Å². The summed E-state index contributed by atoms with van der Waals surface area (Å²) in [5.41, 5.74) is 4.86. The average Bonchev–Trinajstić information content (AvgIpc) is 3.45. The fraction of sp³-hybridized carbons (Fsp3) is 0.222. The molecule has 0 aliphatic carbocycles. The third kappa shape index (κ3) is 3.96. The molecule has 0 saturated carbocycles. The number of hydrogen-bond acceptors (Lipinski definition) is 9. The zero-order valence-electron chi connectivity index (χ0n) is 20.2. The standard InChI is InChI=1S/C27H24N2O6S/c1-15-5-8-18(9-6-15)27(31)19(11-16-12-22(32-2)25(34-4)23(13-16)33-3)24(26(30)35-27)17-7-10-20-21(14-17)29-36-28-20/h5-10,12-14,31H,11H2,1-4H3. The van der Waals surface area contributed by atoms with Gasteiger partial charge in [0.05, 0.1) is 38.6 Å². The topological polar surface area (TPSA) is 100 Å². The van der Waals surface area contributed by atoms with Gasteiger partial charge in [-0.1, -0.05) is 35.9 Å². The molecule has 5 rings (SSSR count). The number of fused-ring (bicyclic) bond motifs is 1. The number of benzene rings is 3. The maximum Gasteiger partial charge on any atom is 0.342 e. The minimum Gasteiger partial charge on any atom is -0.493 e. The highest BCUT2D eigenvalue weighted by molar-refractivity contribution is 7.00. The number of esters is 1. The van der Waals surface area contributed by atoms with Gasteiger partial charge in [0.15, 0.2) is 11.5 Å². The van der Waals surface area contributed by atoms with E-state index in [4.69, 9.17) is 18.9 Å². The van der Waals surface area contributed by atoms with Gasteiger partial charge in [-0.2, -0.15) is 8.75 Å². The molecule has 4 aromatic rings. The molecule has 9 heteroatoms. The fourth-order valence-electron chi connectivity index (χ4n) is 4.43. The highest BCUT2D eigenvalue weighted by atomic mass is 32.1. The quantitative estimate of drug-likeness (QED) is 0.369. The molecule has 2 heterocycles. The first-order valence-electron chi connectivity index (χ1n) is 11.2. The van der Waals surface area contributed by atoms with Crippen molar-refractivity contribution in [2.24, 2.45) is 0 Å². The summed E-state index contributed by atoms with van der Waals surface area (Å²) in [6.07, 6.45) is 0.176. The number of ether oxygens (including phenoxy) is 4. The van der Waals surface area contributed by atoms with Crippen LogP contribution in [0.1, 0.15) is 22.3 Å². The predicted octanol–water partition coefficient (Wildman–Crippen LogP) is 4.42. The molecule has 0 spiro atoms. The highest BCUT2D eigenvalue weighted by Gasteiger charge is 2.48. The average molecular weight is 505 g/mol. The molecule has 0 fully saturated rings. The predicted molar refractivity (Wildman–Crippen MR) is 135 cm³/mol. The van der Waals surface area contributed by atoms with Gasteiger partial charge < -0.3 is 24.1 Å². The zero-order valence-corrected chi connectivity index (χ0v) is 21.0. The summed E-state index contributed by atoms with van der Waals surface area (Å²) >= 11 is 1.10. The summed E-state index contributed by atoms with van der Waals surface area (Å²) in [7, 11) is 4.60. The molecular weight excluding hydrogens is 480 g/mol. The van der Waals surface area contributed by atoms with Crippen LogP contribution in [0.4, 0.5) is 0 Å². The number of nitrogens with zero attached hydrogens (tertiary/aromatic N) is 2. The fourth-order valence-corrected chi connectivity index (χ4v) is 4.95. The number of carbonyl (C=O) groups excluding carboxylic acids is 1. The lowest BCUT2D eigenvalue weighted by Gasteiger charge is -2.26. The molecule has 36 heavy (non-hydrogen) atoms. The number of aryl methyl sites for hydroxylation is 1. The molecule has 1 atom stereocenters. The van der Waals surface area contributed by atoms with Crippen LogP contribution in [0.15, 0.2) is 60.2 Å². The second-order valence-corrected chi connectivity index (χ2v) is 8.96. The molecule has 1 N–H and O–H groups in total. The summed E-state index contributed by atoms with van der Waals surface area (Å²) in [6.45, 7) is 1.95. The summed E-state index contributed by atoms with van der Waals surface area (Å²) in [6, 6.07) is 16.2. The van der Waals surface area contributed by atoms with Crippen molar-refractivity contribution < 1.29 is 28.8 Å². The molecule has 3 aromatic carbocycles. The van der Waals surface area contributed by atoms with Gasteiger partial charge in [-0.15, -0.1) is 0 Å². The van der Waals surface area contributed by atoms with Crippen molar-refractivity contribution >= 4 is 34.3 Å². The second kappa shape index (κ2) is 9.25. The van der Waals surface area contributed by atoms with E-state index in [0.29, 0.717) is 39.5 Å². The molecule has 8 nitrogen and oxygen atoms in total. The first kappa shape index (κ1) is 23.8. The molecule has 1 aromatic heterocycles. The number of cyclic esters (lactones) is 1. The van der Waals surface area contributed by atoms with Crippen LogP contribution in [0, 0.1) is 6.92 Å². The molecule has 0 radical (unpaired) electrons. The van der Waals surface area contributed by atoms with Crippen LogP contribution in [0.25, 0.3) is 16.6 Å². The van der Waals surface area contributed by atoms with Crippen LogP contribution in [0.5, 0.6) is 17.2 Å². The van der Waals surface area contributed by atoms with Crippen molar-refractivity contribution in [1.82, 2.24) is 8.75 Å². The molecule has 0 saturated heterocycles. The van der Waals surface area contributed by atoms with Gasteiger partial charge >= 0.3 is 5.97 Å². The van der Waals surface area contributed by atoms with Crippen LogP contribution in [0.3, 0.4) is 0 Å². The highest BCUT2D eigenvalue weighted by Crippen LogP contribution is 2.46. The Labute approximate surface area is 212 Å². The molecule has 0 bridgehead atoms. The largest absolute Gasteiger partial charge is 0.493 e. The Kier molecular flexibility index (Phi) is 6.11. The van der Waals surface area contributed by atoms with E-state index in [0.717, 1.165) is 28.4 Å². The Bertz CT molecular complexity index is 1470. The summed E-state index contributed by atoms with van der Waals surface area (Å²) in [5, 5.41) is 11.9. The molecular formula is C27H24N2O6S. The molecule has 1 aliphatic heterocycles. The van der Waals surface area contributed by atoms with Gasteiger partial charge in [0.2, 0.25) is 5.75 Å². The van der Waals surface area contributed by atoms with E-state index in [9.17, 15) is 9.90 Å². The summed E-state index contributed by atoms with van der Waals surface area (Å²) in [4.78, 5) is 13.3. The van der Waals surface area contributed by atoms with Gasteiger partial charge in [-0.05, 0) is 42.3 Å². The van der Waals surface area contributed by atoms with Crippen LogP contribution in [-0.4, -0.2) is 41.2 Å². The number of aromatic nitrogens is 2. The van der Waals surface area contributed by atoms with E-state index in [2.05, 4.69) is 8.75 Å². The zero-order chi connectivity index (χ0) is 25.4. The van der Waals surface area contributed by atoms with Gasteiger partial charge in [-0.25, -0.2) is 4.79 Å². The van der Waals surface area contributed by atoms with Crippen molar-refractivity contribution in [3.05, 3.63) is 82.4 Å². The number of methoxy groups -OCH3 is 3. The molecule has 0 amide bonds. The van der Waals surface area contributed by atoms with E-state index in [-0.39, 0.29) is 12.0 Å². The lowest BCUT2D eigenvalue weighted by Crippen LogP contribution is -2.29. The Morgan fingerprint density at radius 3 is 2.22 bits per heavy atom. The van der Waals surface area contributed by atoms with Crippen LogP contribution >= 0.6 is 11.7 Å². The van der Waals surface area contributed by atoms with Crippen molar-refractivity contribution in [3.8, 4) is 17.2 Å². The molecule has 1 aliphatic rings. The summed E-state index contributed by atoms with van der Waals surface area (Å²) in [5.74, 6) is -1.20. The minimum absolute atomic E-state index is 0.176. The second-order valence-electron chi connectivity index (χ2n) is 8.43. The van der Waals surface area contributed by atoms with Crippen molar-refractivity contribution in [3.63, 3.8) is 0 Å². The SMILES string of the molecule is COc1cc(CC2=C(c3ccc4nsnc4c3)C(=O)OC2(O)c2ccc(C)cc2)cc(OC)c1OC. The Morgan fingerprint density at radius 2 is 1.58 bits per heavy atom. The Morgan fingerprint density at radius 1 is 0.917 bits per heavy atom. The van der Waals surface area contributed by atoms with E-state index in [1.54, 1.807) is 42.5 Å². The smallest absolute Gasteiger partial charge is 0.342 e. The van der Waals surface area contributed by atoms with Crippen LogP contribution in [0.2, 0.25) is 0 Å². The number of aliphatic hydroxyl groups is 1. The lowest BCUT2D eigenvalue weighted by atomic mass is 9.87. The van der Waals surface area contributed by atoms with E-state index < -0.39 is 11.8 Å². The van der Waals surface area contributed by atoms with Crippen LogP contribution in [-0.2, 0) is 21.7 Å². The van der Waals surface area contributed by atoms with Gasteiger partial charge in [0, 0.05) is 17.6 Å². The van der Waals surface area contributed by atoms with Gasteiger partial charge in [0.25, 0.3) is 5.79 Å². The Hall–Kier alpha value is -3.95. The number of rotatable bonds is 7. The van der Waals surface area contributed by atoms with Gasteiger partial charge in [0.1, 0.15) is 11.0 Å². The van der Waals surface area contributed by atoms with Crippen molar-refractivity contribution in [2.45, 2.75) is 19.1 Å². The van der Waals surface area contributed by atoms with Crippen LogP contribution < -0.4 is 14.2 Å². The maximum atomic E-state index is 13.3. The Balaban J connectivity index is 1.71. The normalized spacial score (nSPS) is 17.4.